The molecule has 8 nitrogen and oxygen atoms in total. The molecule has 1 amide bonds. The number of carboxylic acids is 1. The minimum Gasteiger partial charge on any atom is -0.477 e. The highest BCUT2D eigenvalue weighted by molar-refractivity contribution is 7.16. The largest absolute Gasteiger partial charge is 0.477 e. The Morgan fingerprint density at radius 1 is 1.40 bits per heavy atom. The zero-order valence-electron chi connectivity index (χ0n) is 14.2. The average Bonchev–Trinajstić information content (AvgIpc) is 3.16. The van der Waals surface area contributed by atoms with Crippen molar-refractivity contribution < 1.29 is 24.2 Å². The number of esters is 1. The van der Waals surface area contributed by atoms with Gasteiger partial charge in [0.2, 0.25) is 5.91 Å². The molecule has 25 heavy (non-hydrogen) atoms. The van der Waals surface area contributed by atoms with Crippen molar-refractivity contribution in [3.8, 4) is 0 Å². The van der Waals surface area contributed by atoms with Crippen LogP contribution in [0.25, 0.3) is 0 Å². The van der Waals surface area contributed by atoms with Crippen molar-refractivity contribution >= 4 is 34.2 Å². The zero-order chi connectivity index (χ0) is 18.6. The number of amides is 1. The molecule has 0 fully saturated rings. The maximum atomic E-state index is 12.2. The van der Waals surface area contributed by atoms with Crippen molar-refractivity contribution in [1.29, 1.82) is 0 Å². The maximum absolute atomic E-state index is 12.2. The first-order valence-corrected chi connectivity index (χ1v) is 8.46. The molecule has 0 aliphatic rings. The molecule has 0 unspecified atom stereocenters. The van der Waals surface area contributed by atoms with Crippen LogP contribution in [0.1, 0.15) is 44.6 Å². The third kappa shape index (κ3) is 4.05. The van der Waals surface area contributed by atoms with Crippen molar-refractivity contribution in [1.82, 2.24) is 9.78 Å². The van der Waals surface area contributed by atoms with Gasteiger partial charge in [0.15, 0.2) is 0 Å². The number of carbonyl (C=O) groups excluding carboxylic acids is 2. The number of ether oxygens (including phenoxy) is 1. The third-order valence-electron chi connectivity index (χ3n) is 3.69. The van der Waals surface area contributed by atoms with E-state index in [1.165, 1.54) is 35.4 Å². The van der Waals surface area contributed by atoms with E-state index in [1.54, 1.807) is 0 Å². The highest BCUT2D eigenvalue weighted by Crippen LogP contribution is 2.34. The van der Waals surface area contributed by atoms with Gasteiger partial charge in [-0.1, -0.05) is 6.92 Å². The lowest BCUT2D eigenvalue weighted by Gasteiger charge is -2.08. The topological polar surface area (TPSA) is 111 Å². The Labute approximate surface area is 148 Å². The molecule has 0 saturated carbocycles. The fourth-order valence-electron chi connectivity index (χ4n) is 2.50. The number of rotatable bonds is 7. The number of carbonyl (C=O) groups is 3. The molecule has 2 N–H and O–H groups in total. The van der Waals surface area contributed by atoms with Gasteiger partial charge in [-0.05, 0) is 25.0 Å². The number of aromatic nitrogens is 2. The Morgan fingerprint density at radius 3 is 2.72 bits per heavy atom. The quantitative estimate of drug-likeness (QED) is 0.729. The molecule has 0 saturated heterocycles. The Morgan fingerprint density at radius 2 is 2.12 bits per heavy atom. The predicted molar refractivity (Wildman–Crippen MR) is 92.2 cm³/mol. The van der Waals surface area contributed by atoms with Gasteiger partial charge >= 0.3 is 11.9 Å². The summed E-state index contributed by atoms with van der Waals surface area (Å²) in [7, 11) is 1.30. The van der Waals surface area contributed by atoms with Crippen LogP contribution >= 0.6 is 11.3 Å². The monoisotopic (exact) mass is 365 g/mol. The van der Waals surface area contributed by atoms with Crippen LogP contribution in [0, 0.1) is 6.92 Å². The molecule has 0 bridgehead atoms. The van der Waals surface area contributed by atoms with Crippen molar-refractivity contribution in [2.45, 2.75) is 33.2 Å². The molecule has 0 spiro atoms. The summed E-state index contributed by atoms with van der Waals surface area (Å²) in [6, 6.07) is 1.37. The Hall–Kier alpha value is -2.68. The summed E-state index contributed by atoms with van der Waals surface area (Å²) in [6.45, 7) is 3.94. The fourth-order valence-corrected chi connectivity index (χ4v) is 3.65. The lowest BCUT2D eigenvalue weighted by atomic mass is 10.1. The standard InChI is InChI=1S/C16H19N3O5S/c1-4-10-9(2)25-14(13(10)16(23)24-3)18-12(20)6-8-19-11(15(21)22)5-7-17-19/h5,7H,4,6,8H2,1-3H3,(H,18,20)(H,21,22). The smallest absolute Gasteiger partial charge is 0.354 e. The predicted octanol–water partition coefficient (Wildman–Crippen LogP) is 2.33. The summed E-state index contributed by atoms with van der Waals surface area (Å²) in [4.78, 5) is 36.2. The molecule has 0 atom stereocenters. The van der Waals surface area contributed by atoms with Crippen LogP contribution in [0.15, 0.2) is 12.3 Å². The van der Waals surface area contributed by atoms with Gasteiger partial charge in [0.05, 0.1) is 19.2 Å². The number of methoxy groups -OCH3 is 1. The van der Waals surface area contributed by atoms with Gasteiger partial charge in [-0.25, -0.2) is 9.59 Å². The summed E-state index contributed by atoms with van der Waals surface area (Å²) in [5.41, 5.74) is 1.25. The van der Waals surface area contributed by atoms with Gasteiger partial charge in [-0.3, -0.25) is 9.48 Å². The molecule has 2 aromatic rings. The number of thiophene rings is 1. The molecule has 2 aromatic heterocycles. The number of nitrogens with one attached hydrogen (secondary N) is 1. The highest BCUT2D eigenvalue weighted by atomic mass is 32.1. The lowest BCUT2D eigenvalue weighted by molar-refractivity contribution is -0.116. The number of carboxylic acid groups (broad SMARTS) is 1. The van der Waals surface area contributed by atoms with Crippen LogP contribution in [0.2, 0.25) is 0 Å². The zero-order valence-corrected chi connectivity index (χ0v) is 15.0. The number of hydrogen-bond acceptors (Lipinski definition) is 6. The fraction of sp³-hybridized carbons (Fsp3) is 0.375. The van der Waals surface area contributed by atoms with Gasteiger partial charge < -0.3 is 15.2 Å². The number of anilines is 1. The van der Waals surface area contributed by atoms with Gasteiger partial charge in [-0.2, -0.15) is 5.10 Å². The highest BCUT2D eigenvalue weighted by Gasteiger charge is 2.23. The van der Waals surface area contributed by atoms with E-state index in [2.05, 4.69) is 10.4 Å². The minimum absolute atomic E-state index is 0.0169. The summed E-state index contributed by atoms with van der Waals surface area (Å²) >= 11 is 1.32. The second-order valence-corrected chi connectivity index (χ2v) is 6.45. The molecular weight excluding hydrogens is 346 g/mol. The number of nitrogens with zero attached hydrogens (tertiary/aromatic N) is 2. The van der Waals surface area contributed by atoms with E-state index in [0.29, 0.717) is 17.0 Å². The maximum Gasteiger partial charge on any atom is 0.354 e. The van der Waals surface area contributed by atoms with E-state index in [-0.39, 0.29) is 24.6 Å². The molecule has 0 radical (unpaired) electrons. The lowest BCUT2D eigenvalue weighted by Crippen LogP contribution is -2.18. The van der Waals surface area contributed by atoms with E-state index in [0.717, 1.165) is 10.4 Å². The van der Waals surface area contributed by atoms with Gasteiger partial charge in [0.25, 0.3) is 0 Å². The van der Waals surface area contributed by atoms with E-state index in [9.17, 15) is 14.4 Å². The molecule has 0 aliphatic heterocycles. The van der Waals surface area contributed by atoms with E-state index < -0.39 is 11.9 Å². The van der Waals surface area contributed by atoms with Gasteiger partial charge in [0, 0.05) is 17.5 Å². The summed E-state index contributed by atoms with van der Waals surface area (Å²) in [5, 5.41) is 16.1. The average molecular weight is 365 g/mol. The SMILES string of the molecule is CCc1c(C)sc(NC(=O)CCn2nccc2C(=O)O)c1C(=O)OC. The first-order chi connectivity index (χ1) is 11.9. The first-order valence-electron chi connectivity index (χ1n) is 7.64. The van der Waals surface area contributed by atoms with E-state index in [1.807, 2.05) is 13.8 Å². The first kappa shape index (κ1) is 18.7. The molecule has 0 aromatic carbocycles. The number of aromatic carboxylic acids is 1. The van der Waals surface area contributed by atoms with Crippen LogP contribution in [-0.4, -0.2) is 39.8 Å². The van der Waals surface area contributed by atoms with Crippen LogP contribution in [0.3, 0.4) is 0 Å². The van der Waals surface area contributed by atoms with Crippen molar-refractivity contribution in [2.75, 3.05) is 12.4 Å². The number of aryl methyl sites for hydroxylation is 2. The molecular formula is C16H19N3O5S. The molecule has 9 heteroatoms. The molecule has 2 heterocycles. The Bertz CT molecular complexity index is 809. The summed E-state index contributed by atoms with van der Waals surface area (Å²) in [6.07, 6.45) is 2.05. The van der Waals surface area contributed by atoms with Crippen molar-refractivity contribution in [2.24, 2.45) is 0 Å². The molecule has 134 valence electrons. The molecule has 0 aliphatic carbocycles. The van der Waals surface area contributed by atoms with Gasteiger partial charge in [-0.15, -0.1) is 11.3 Å². The Balaban J connectivity index is 2.11. The van der Waals surface area contributed by atoms with Crippen LogP contribution in [-0.2, 0) is 22.5 Å². The molecule has 2 rings (SSSR count). The van der Waals surface area contributed by atoms with Crippen molar-refractivity contribution in [3.05, 3.63) is 34.0 Å². The second kappa shape index (κ2) is 7.93. The van der Waals surface area contributed by atoms with Gasteiger partial charge in [0.1, 0.15) is 10.7 Å². The summed E-state index contributed by atoms with van der Waals surface area (Å²) in [5.74, 6) is -1.93. The van der Waals surface area contributed by atoms with E-state index >= 15 is 0 Å². The minimum atomic E-state index is -1.10. The number of hydrogen-bond donors (Lipinski definition) is 2. The van der Waals surface area contributed by atoms with Crippen molar-refractivity contribution in [3.63, 3.8) is 0 Å². The Kier molecular flexibility index (Phi) is 5.92. The van der Waals surface area contributed by atoms with Crippen LogP contribution in [0.4, 0.5) is 5.00 Å². The van der Waals surface area contributed by atoms with Crippen LogP contribution in [0.5, 0.6) is 0 Å². The summed E-state index contributed by atoms with van der Waals surface area (Å²) < 4.78 is 6.06. The second-order valence-electron chi connectivity index (χ2n) is 5.23. The normalized spacial score (nSPS) is 10.5. The third-order valence-corrected chi connectivity index (χ3v) is 4.75. The van der Waals surface area contributed by atoms with E-state index in [4.69, 9.17) is 9.84 Å². The van der Waals surface area contributed by atoms with Crippen LogP contribution < -0.4 is 5.32 Å².